The van der Waals surface area contributed by atoms with Crippen molar-refractivity contribution in [3.05, 3.63) is 11.6 Å². The molecule has 4 heteroatoms. The third-order valence-electron chi connectivity index (χ3n) is 1.72. The van der Waals surface area contributed by atoms with Crippen molar-refractivity contribution in [3.63, 3.8) is 0 Å². The van der Waals surface area contributed by atoms with Crippen molar-refractivity contribution in [2.75, 3.05) is 0 Å². The van der Waals surface area contributed by atoms with Gasteiger partial charge in [0.1, 0.15) is 0 Å². The van der Waals surface area contributed by atoms with Gasteiger partial charge in [-0.1, -0.05) is 6.08 Å². The Balaban J connectivity index is 2.44. The van der Waals surface area contributed by atoms with E-state index in [0.29, 0.717) is 0 Å². The summed E-state index contributed by atoms with van der Waals surface area (Å²) >= 11 is 0. The van der Waals surface area contributed by atoms with Crippen LogP contribution in [0.5, 0.6) is 0 Å². The van der Waals surface area contributed by atoms with Crippen LogP contribution in [0.2, 0.25) is 0 Å². The Morgan fingerprint density at radius 3 is 2.83 bits per heavy atom. The molecule has 0 fully saturated rings. The molecule has 0 heterocycles. The fourth-order valence-corrected chi connectivity index (χ4v) is 1.15. The first-order valence-corrected chi connectivity index (χ1v) is 4.10. The SMILES string of the molecule is NC(N)=NN=CC1=CCCCC1. The molecular weight excluding hydrogens is 152 g/mol. The first-order chi connectivity index (χ1) is 5.79. The van der Waals surface area contributed by atoms with Crippen LogP contribution >= 0.6 is 0 Å². The summed E-state index contributed by atoms with van der Waals surface area (Å²) in [6.07, 6.45) is 8.64. The molecule has 12 heavy (non-hydrogen) atoms. The van der Waals surface area contributed by atoms with Crippen molar-refractivity contribution in [1.82, 2.24) is 0 Å². The van der Waals surface area contributed by atoms with Crippen LogP contribution < -0.4 is 11.5 Å². The van der Waals surface area contributed by atoms with E-state index in [2.05, 4.69) is 16.3 Å². The Kier molecular flexibility index (Phi) is 3.32. The lowest BCUT2D eigenvalue weighted by Crippen LogP contribution is -2.21. The highest BCUT2D eigenvalue weighted by Crippen LogP contribution is 2.15. The van der Waals surface area contributed by atoms with E-state index in [9.17, 15) is 0 Å². The molecule has 0 spiro atoms. The van der Waals surface area contributed by atoms with E-state index in [4.69, 9.17) is 11.5 Å². The predicted octanol–water partition coefficient (Wildman–Crippen LogP) is 0.746. The molecule has 0 aromatic heterocycles. The number of allylic oxidation sites excluding steroid dienone is 2. The molecule has 0 aliphatic heterocycles. The van der Waals surface area contributed by atoms with Gasteiger partial charge in [-0.05, 0) is 31.3 Å². The maximum atomic E-state index is 5.10. The molecule has 0 saturated carbocycles. The van der Waals surface area contributed by atoms with Crippen LogP contribution in [0.15, 0.2) is 21.9 Å². The van der Waals surface area contributed by atoms with Crippen LogP contribution in [0.4, 0.5) is 0 Å². The van der Waals surface area contributed by atoms with Gasteiger partial charge < -0.3 is 11.5 Å². The molecule has 0 radical (unpaired) electrons. The van der Waals surface area contributed by atoms with Gasteiger partial charge in [-0.3, -0.25) is 0 Å². The summed E-state index contributed by atoms with van der Waals surface area (Å²) in [5.74, 6) is 0.00246. The molecule has 4 N–H and O–H groups in total. The molecular formula is C8H14N4. The van der Waals surface area contributed by atoms with E-state index >= 15 is 0 Å². The summed E-state index contributed by atoms with van der Waals surface area (Å²) in [4.78, 5) is 0. The van der Waals surface area contributed by atoms with Gasteiger partial charge in [0.2, 0.25) is 5.96 Å². The minimum atomic E-state index is 0.00246. The van der Waals surface area contributed by atoms with E-state index in [1.165, 1.54) is 18.4 Å². The third-order valence-corrected chi connectivity index (χ3v) is 1.72. The van der Waals surface area contributed by atoms with Crippen molar-refractivity contribution in [2.45, 2.75) is 25.7 Å². The first-order valence-electron chi connectivity index (χ1n) is 4.10. The largest absolute Gasteiger partial charge is 0.369 e. The number of hydrogen-bond donors (Lipinski definition) is 2. The zero-order valence-corrected chi connectivity index (χ0v) is 7.03. The van der Waals surface area contributed by atoms with Crippen molar-refractivity contribution in [2.24, 2.45) is 21.7 Å². The highest BCUT2D eigenvalue weighted by molar-refractivity contribution is 5.80. The molecule has 0 atom stereocenters. The fraction of sp³-hybridized carbons (Fsp3) is 0.500. The lowest BCUT2D eigenvalue weighted by molar-refractivity contribution is 0.718. The van der Waals surface area contributed by atoms with E-state index in [-0.39, 0.29) is 5.96 Å². The van der Waals surface area contributed by atoms with E-state index in [0.717, 1.165) is 12.8 Å². The summed E-state index contributed by atoms with van der Waals surface area (Å²) in [6.45, 7) is 0. The van der Waals surface area contributed by atoms with Gasteiger partial charge in [-0.2, -0.15) is 5.10 Å². The number of nitrogens with two attached hydrogens (primary N) is 2. The molecule has 0 amide bonds. The van der Waals surface area contributed by atoms with Crippen LogP contribution in [0.25, 0.3) is 0 Å². The normalized spacial score (nSPS) is 17.5. The van der Waals surface area contributed by atoms with Crippen molar-refractivity contribution < 1.29 is 0 Å². The van der Waals surface area contributed by atoms with Gasteiger partial charge in [0, 0.05) is 0 Å². The average Bonchev–Trinajstić information content (AvgIpc) is 2.05. The summed E-state index contributed by atoms with van der Waals surface area (Å²) in [5.41, 5.74) is 11.4. The monoisotopic (exact) mass is 166 g/mol. The number of hydrogen-bond acceptors (Lipinski definition) is 2. The first kappa shape index (κ1) is 8.77. The van der Waals surface area contributed by atoms with Crippen LogP contribution in [-0.2, 0) is 0 Å². The lowest BCUT2D eigenvalue weighted by atomic mass is 10.0. The fourth-order valence-electron chi connectivity index (χ4n) is 1.15. The zero-order valence-electron chi connectivity index (χ0n) is 7.03. The summed E-state index contributed by atoms with van der Waals surface area (Å²) in [7, 11) is 0. The third kappa shape index (κ3) is 3.18. The number of nitrogens with zero attached hydrogens (tertiary/aromatic N) is 2. The van der Waals surface area contributed by atoms with Gasteiger partial charge >= 0.3 is 0 Å². The maximum Gasteiger partial charge on any atom is 0.211 e. The molecule has 0 bridgehead atoms. The van der Waals surface area contributed by atoms with E-state index in [1.807, 2.05) is 0 Å². The summed E-state index contributed by atoms with van der Waals surface area (Å²) in [6, 6.07) is 0. The van der Waals surface area contributed by atoms with Gasteiger partial charge in [-0.15, -0.1) is 5.10 Å². The topological polar surface area (TPSA) is 76.8 Å². The van der Waals surface area contributed by atoms with E-state index in [1.54, 1.807) is 6.21 Å². The molecule has 1 rings (SSSR count). The van der Waals surface area contributed by atoms with Crippen molar-refractivity contribution in [3.8, 4) is 0 Å². The Labute approximate surface area is 72.0 Å². The Morgan fingerprint density at radius 1 is 1.42 bits per heavy atom. The molecule has 0 unspecified atom stereocenters. The second-order valence-corrected chi connectivity index (χ2v) is 2.79. The minimum absolute atomic E-state index is 0.00246. The van der Waals surface area contributed by atoms with E-state index < -0.39 is 0 Å². The smallest absolute Gasteiger partial charge is 0.211 e. The second-order valence-electron chi connectivity index (χ2n) is 2.79. The highest BCUT2D eigenvalue weighted by atomic mass is 15.3. The summed E-state index contributed by atoms with van der Waals surface area (Å²) < 4.78 is 0. The Morgan fingerprint density at radius 2 is 2.25 bits per heavy atom. The van der Waals surface area contributed by atoms with Gasteiger partial charge in [0.25, 0.3) is 0 Å². The van der Waals surface area contributed by atoms with Gasteiger partial charge in [0.05, 0.1) is 6.21 Å². The molecule has 0 saturated heterocycles. The average molecular weight is 166 g/mol. The van der Waals surface area contributed by atoms with Gasteiger partial charge in [-0.25, -0.2) is 0 Å². The minimum Gasteiger partial charge on any atom is -0.369 e. The second kappa shape index (κ2) is 4.54. The molecule has 66 valence electrons. The molecule has 0 aromatic carbocycles. The zero-order chi connectivity index (χ0) is 8.81. The van der Waals surface area contributed by atoms with Crippen LogP contribution in [-0.4, -0.2) is 12.2 Å². The standard InChI is InChI=1S/C8H14N4/c9-8(10)12-11-6-7-4-2-1-3-5-7/h4,6H,1-3,5H2,(H4,9,10,12). The van der Waals surface area contributed by atoms with Crippen LogP contribution in [0.1, 0.15) is 25.7 Å². The van der Waals surface area contributed by atoms with Gasteiger partial charge in [0.15, 0.2) is 0 Å². The lowest BCUT2D eigenvalue weighted by Gasteiger charge is -2.06. The van der Waals surface area contributed by atoms with Crippen LogP contribution in [0.3, 0.4) is 0 Å². The molecule has 1 aliphatic rings. The Hall–Kier alpha value is -1.32. The van der Waals surface area contributed by atoms with Crippen LogP contribution in [0, 0.1) is 0 Å². The molecule has 0 aromatic rings. The van der Waals surface area contributed by atoms with Crippen molar-refractivity contribution in [1.29, 1.82) is 0 Å². The Bertz CT molecular complexity index is 223. The number of rotatable bonds is 2. The molecule has 4 nitrogen and oxygen atoms in total. The highest BCUT2D eigenvalue weighted by Gasteiger charge is 1.99. The summed E-state index contributed by atoms with van der Waals surface area (Å²) in [5, 5.41) is 7.26. The van der Waals surface area contributed by atoms with Crippen molar-refractivity contribution >= 4 is 12.2 Å². The quantitative estimate of drug-likeness (QED) is 0.360. The molecule has 1 aliphatic carbocycles. The number of guanidine groups is 1. The maximum absolute atomic E-state index is 5.10. The predicted molar refractivity (Wildman–Crippen MR) is 50.9 cm³/mol.